The van der Waals surface area contributed by atoms with Crippen molar-refractivity contribution < 1.29 is 0 Å². The second kappa shape index (κ2) is 6.78. The zero-order chi connectivity index (χ0) is 14.7. The van der Waals surface area contributed by atoms with Crippen molar-refractivity contribution in [1.82, 2.24) is 10.3 Å². The molecule has 1 N–H and O–H groups in total. The molecule has 2 saturated carbocycles. The van der Waals surface area contributed by atoms with E-state index in [0.717, 1.165) is 30.8 Å². The molecule has 0 saturated heterocycles. The van der Waals surface area contributed by atoms with E-state index < -0.39 is 0 Å². The van der Waals surface area contributed by atoms with Crippen LogP contribution in [0.15, 0.2) is 18.5 Å². The lowest BCUT2D eigenvalue weighted by Gasteiger charge is -2.29. The first-order valence-electron chi connectivity index (χ1n) is 8.62. The van der Waals surface area contributed by atoms with Gasteiger partial charge in [0.05, 0.1) is 0 Å². The number of hydrogen-bond donors (Lipinski definition) is 1. The van der Waals surface area contributed by atoms with Gasteiger partial charge in [-0.25, -0.2) is 0 Å². The van der Waals surface area contributed by atoms with E-state index in [4.69, 9.17) is 0 Å². The third-order valence-corrected chi connectivity index (χ3v) is 5.42. The molecule has 2 aliphatic carbocycles. The summed E-state index contributed by atoms with van der Waals surface area (Å²) in [6.07, 6.45) is 11.1. The summed E-state index contributed by atoms with van der Waals surface area (Å²) in [7, 11) is 2.25. The maximum Gasteiger partial charge on any atom is 0.0440 e. The Morgan fingerprint density at radius 2 is 2.24 bits per heavy atom. The summed E-state index contributed by atoms with van der Waals surface area (Å²) >= 11 is 0. The predicted molar refractivity (Wildman–Crippen MR) is 88.4 cm³/mol. The summed E-state index contributed by atoms with van der Waals surface area (Å²) in [5.74, 6) is 2.95. The molecule has 0 aromatic carbocycles. The van der Waals surface area contributed by atoms with Crippen molar-refractivity contribution in [3.8, 4) is 0 Å². The highest BCUT2D eigenvalue weighted by Gasteiger charge is 2.39. The molecule has 3 unspecified atom stereocenters. The highest BCUT2D eigenvalue weighted by Crippen LogP contribution is 2.48. The molecule has 0 aliphatic heterocycles. The van der Waals surface area contributed by atoms with Crippen molar-refractivity contribution in [3.63, 3.8) is 0 Å². The van der Waals surface area contributed by atoms with Crippen LogP contribution >= 0.6 is 0 Å². The Morgan fingerprint density at radius 3 is 2.95 bits per heavy atom. The molecular weight excluding hydrogens is 258 g/mol. The van der Waals surface area contributed by atoms with Gasteiger partial charge >= 0.3 is 0 Å². The SMILES string of the molecule is CCCNCc1cnccc1N(C)CC1CC2CCC1C2. The van der Waals surface area contributed by atoms with Gasteiger partial charge < -0.3 is 10.2 Å². The molecule has 21 heavy (non-hydrogen) atoms. The fourth-order valence-electron chi connectivity index (χ4n) is 4.38. The van der Waals surface area contributed by atoms with E-state index in [1.807, 2.05) is 12.4 Å². The van der Waals surface area contributed by atoms with Gasteiger partial charge in [-0.05, 0) is 56.0 Å². The van der Waals surface area contributed by atoms with Crippen LogP contribution in [-0.2, 0) is 6.54 Å². The first-order chi connectivity index (χ1) is 10.3. The number of rotatable bonds is 7. The quantitative estimate of drug-likeness (QED) is 0.779. The molecule has 0 radical (unpaired) electrons. The number of nitrogens with zero attached hydrogens (tertiary/aromatic N) is 2. The Kier molecular flexibility index (Phi) is 4.79. The Morgan fingerprint density at radius 1 is 1.33 bits per heavy atom. The van der Waals surface area contributed by atoms with E-state index in [1.165, 1.54) is 49.9 Å². The first-order valence-corrected chi connectivity index (χ1v) is 8.62. The van der Waals surface area contributed by atoms with E-state index in [1.54, 1.807) is 0 Å². The number of pyridine rings is 1. The van der Waals surface area contributed by atoms with Crippen LogP contribution in [0, 0.1) is 17.8 Å². The lowest BCUT2D eigenvalue weighted by Crippen LogP contribution is -2.30. The monoisotopic (exact) mass is 287 g/mol. The number of aromatic nitrogens is 1. The number of anilines is 1. The van der Waals surface area contributed by atoms with E-state index in [-0.39, 0.29) is 0 Å². The summed E-state index contributed by atoms with van der Waals surface area (Å²) in [6, 6.07) is 2.18. The van der Waals surface area contributed by atoms with E-state index in [9.17, 15) is 0 Å². The van der Waals surface area contributed by atoms with Gasteiger partial charge in [0.2, 0.25) is 0 Å². The maximum atomic E-state index is 4.31. The Bertz CT molecular complexity index is 460. The summed E-state index contributed by atoms with van der Waals surface area (Å²) in [5, 5.41) is 3.50. The Hall–Kier alpha value is -1.09. The topological polar surface area (TPSA) is 28.2 Å². The summed E-state index contributed by atoms with van der Waals surface area (Å²) in [6.45, 7) is 5.42. The fourth-order valence-corrected chi connectivity index (χ4v) is 4.38. The number of fused-ring (bicyclic) bond motifs is 2. The van der Waals surface area contributed by atoms with Gasteiger partial charge in [0.15, 0.2) is 0 Å². The highest BCUT2D eigenvalue weighted by molar-refractivity contribution is 5.51. The Balaban J connectivity index is 1.62. The van der Waals surface area contributed by atoms with Crippen LogP contribution in [0.4, 0.5) is 5.69 Å². The third kappa shape index (κ3) is 3.39. The molecule has 2 bridgehead atoms. The molecule has 3 atom stereocenters. The van der Waals surface area contributed by atoms with Gasteiger partial charge in [-0.3, -0.25) is 4.98 Å². The van der Waals surface area contributed by atoms with Crippen LogP contribution in [-0.4, -0.2) is 25.1 Å². The molecule has 1 aromatic heterocycles. The number of nitrogens with one attached hydrogen (secondary N) is 1. The van der Waals surface area contributed by atoms with Crippen molar-refractivity contribution in [2.45, 2.75) is 45.6 Å². The molecule has 2 aliphatic rings. The van der Waals surface area contributed by atoms with Gasteiger partial charge in [0.1, 0.15) is 0 Å². The average Bonchev–Trinajstić information content (AvgIpc) is 3.10. The second-order valence-corrected chi connectivity index (χ2v) is 7.00. The highest BCUT2D eigenvalue weighted by atomic mass is 15.1. The van der Waals surface area contributed by atoms with Gasteiger partial charge in [-0.2, -0.15) is 0 Å². The normalized spacial score (nSPS) is 27.2. The minimum atomic E-state index is 0.915. The molecule has 3 heteroatoms. The maximum absolute atomic E-state index is 4.31. The van der Waals surface area contributed by atoms with Crippen LogP contribution in [0.25, 0.3) is 0 Å². The van der Waals surface area contributed by atoms with Gasteiger partial charge in [-0.1, -0.05) is 13.3 Å². The van der Waals surface area contributed by atoms with Crippen molar-refractivity contribution in [3.05, 3.63) is 24.0 Å². The molecule has 0 amide bonds. The van der Waals surface area contributed by atoms with E-state index in [0.29, 0.717) is 0 Å². The summed E-state index contributed by atoms with van der Waals surface area (Å²) in [4.78, 5) is 6.78. The van der Waals surface area contributed by atoms with Gasteiger partial charge in [0.25, 0.3) is 0 Å². The molecule has 3 rings (SSSR count). The fraction of sp³-hybridized carbons (Fsp3) is 0.722. The summed E-state index contributed by atoms with van der Waals surface area (Å²) in [5.41, 5.74) is 2.69. The predicted octanol–water partition coefficient (Wildman–Crippen LogP) is 3.45. The van der Waals surface area contributed by atoms with Gasteiger partial charge in [0, 0.05) is 43.8 Å². The van der Waals surface area contributed by atoms with Crippen molar-refractivity contribution >= 4 is 5.69 Å². The van der Waals surface area contributed by atoms with Crippen molar-refractivity contribution in [1.29, 1.82) is 0 Å². The van der Waals surface area contributed by atoms with Gasteiger partial charge in [-0.15, -0.1) is 0 Å². The van der Waals surface area contributed by atoms with Crippen LogP contribution in [0.1, 0.15) is 44.6 Å². The van der Waals surface area contributed by atoms with Crippen LogP contribution in [0.5, 0.6) is 0 Å². The lowest BCUT2D eigenvalue weighted by atomic mass is 9.88. The summed E-state index contributed by atoms with van der Waals surface area (Å²) < 4.78 is 0. The van der Waals surface area contributed by atoms with Crippen LogP contribution in [0.2, 0.25) is 0 Å². The number of hydrogen-bond acceptors (Lipinski definition) is 3. The third-order valence-electron chi connectivity index (χ3n) is 5.42. The van der Waals surface area contributed by atoms with Crippen LogP contribution in [0.3, 0.4) is 0 Å². The smallest absolute Gasteiger partial charge is 0.0440 e. The van der Waals surface area contributed by atoms with E-state index in [2.05, 4.69) is 35.2 Å². The largest absolute Gasteiger partial charge is 0.374 e. The molecule has 0 spiro atoms. The minimum Gasteiger partial charge on any atom is -0.374 e. The first kappa shape index (κ1) is 14.8. The average molecular weight is 287 g/mol. The lowest BCUT2D eigenvalue weighted by molar-refractivity contribution is 0.337. The molecule has 1 heterocycles. The second-order valence-electron chi connectivity index (χ2n) is 7.00. The Labute approximate surface area is 129 Å². The van der Waals surface area contributed by atoms with Crippen molar-refractivity contribution in [2.75, 3.05) is 25.0 Å². The zero-order valence-corrected chi connectivity index (χ0v) is 13.5. The molecule has 116 valence electrons. The van der Waals surface area contributed by atoms with E-state index >= 15 is 0 Å². The standard InChI is InChI=1S/C18H29N3/c1-3-7-19-11-17-12-20-8-6-18(17)21(2)13-16-10-14-4-5-15(16)9-14/h6,8,12,14-16,19H,3-5,7,9-11,13H2,1-2H3. The molecule has 2 fully saturated rings. The molecule has 1 aromatic rings. The zero-order valence-electron chi connectivity index (χ0n) is 13.5. The van der Waals surface area contributed by atoms with Crippen molar-refractivity contribution in [2.24, 2.45) is 17.8 Å². The van der Waals surface area contributed by atoms with Crippen LogP contribution < -0.4 is 10.2 Å². The molecule has 3 nitrogen and oxygen atoms in total. The minimum absolute atomic E-state index is 0.915. The molecular formula is C18H29N3.